The predicted octanol–water partition coefficient (Wildman–Crippen LogP) is 4.77. The zero-order valence-corrected chi connectivity index (χ0v) is 12.7. The van der Waals surface area contributed by atoms with Crippen LogP contribution in [0.5, 0.6) is 0 Å². The van der Waals surface area contributed by atoms with Crippen LogP contribution >= 0.6 is 0 Å². The third kappa shape index (κ3) is 1.60. The molecule has 0 fully saturated rings. The molecule has 2 heteroatoms. The summed E-state index contributed by atoms with van der Waals surface area (Å²) in [5.41, 5.74) is 2.06. The van der Waals surface area contributed by atoms with Gasteiger partial charge in [-0.15, -0.1) is 0 Å². The lowest BCUT2D eigenvalue weighted by atomic mass is 9.80. The van der Waals surface area contributed by atoms with E-state index in [9.17, 15) is 9.59 Å². The minimum atomic E-state index is -0.0730. The Hall–Kier alpha value is -3.26. The first-order chi connectivity index (χ1) is 11.8. The molecule has 0 spiro atoms. The number of rotatable bonds is 0. The molecule has 0 radical (unpaired) electrons. The second-order valence-corrected chi connectivity index (χ2v) is 6.08. The van der Waals surface area contributed by atoms with E-state index in [2.05, 4.69) is 0 Å². The minimum absolute atomic E-state index is 0.0619. The van der Waals surface area contributed by atoms with E-state index in [1.165, 1.54) is 0 Å². The highest BCUT2D eigenvalue weighted by atomic mass is 16.1. The maximum atomic E-state index is 13.3. The quantitative estimate of drug-likeness (QED) is 0.413. The van der Waals surface area contributed by atoms with Gasteiger partial charge in [0.25, 0.3) is 0 Å². The van der Waals surface area contributed by atoms with Crippen LogP contribution in [0.3, 0.4) is 0 Å². The fourth-order valence-electron chi connectivity index (χ4n) is 3.68. The van der Waals surface area contributed by atoms with Crippen molar-refractivity contribution in [3.8, 4) is 0 Å². The van der Waals surface area contributed by atoms with E-state index in [0.29, 0.717) is 22.3 Å². The lowest BCUT2D eigenvalue weighted by Gasteiger charge is -2.20. The van der Waals surface area contributed by atoms with Crippen LogP contribution in [-0.2, 0) is 0 Å². The Bertz CT molecular complexity index is 1090. The second kappa shape index (κ2) is 4.62. The van der Waals surface area contributed by atoms with Gasteiger partial charge in [-0.3, -0.25) is 9.59 Å². The van der Waals surface area contributed by atoms with Gasteiger partial charge in [0.2, 0.25) is 0 Å². The van der Waals surface area contributed by atoms with Crippen LogP contribution in [-0.4, -0.2) is 11.6 Å². The van der Waals surface area contributed by atoms with E-state index in [0.717, 1.165) is 21.5 Å². The van der Waals surface area contributed by atoms with Crippen molar-refractivity contribution in [3.63, 3.8) is 0 Å². The second-order valence-electron chi connectivity index (χ2n) is 6.08. The summed E-state index contributed by atoms with van der Waals surface area (Å²) in [5.74, 6) is -0.135. The van der Waals surface area contributed by atoms with Crippen LogP contribution in [0.15, 0.2) is 72.8 Å². The summed E-state index contributed by atoms with van der Waals surface area (Å²) < 4.78 is 0. The minimum Gasteiger partial charge on any atom is -0.289 e. The molecule has 0 amide bonds. The van der Waals surface area contributed by atoms with Crippen molar-refractivity contribution in [1.29, 1.82) is 0 Å². The Balaban J connectivity index is 1.94. The molecule has 0 N–H and O–H groups in total. The standard InChI is InChI=1S/C22H12O2/c23-21-17-11-9-13-5-1-3-7-15(13)19(17)22(24)20-16-8-4-2-6-14(16)10-12-18(20)21/h1-12H. The molecule has 112 valence electrons. The third-order valence-electron chi connectivity index (χ3n) is 4.80. The van der Waals surface area contributed by atoms with Crippen LogP contribution in [0.1, 0.15) is 31.8 Å². The molecule has 0 heterocycles. The van der Waals surface area contributed by atoms with Gasteiger partial charge in [0.05, 0.1) is 0 Å². The molecule has 2 nitrogen and oxygen atoms in total. The first-order valence-corrected chi connectivity index (χ1v) is 7.88. The number of ketones is 2. The molecule has 5 rings (SSSR count). The highest BCUT2D eigenvalue weighted by Gasteiger charge is 2.32. The molecule has 24 heavy (non-hydrogen) atoms. The summed E-state index contributed by atoms with van der Waals surface area (Å²) in [7, 11) is 0. The highest BCUT2D eigenvalue weighted by molar-refractivity contribution is 6.35. The number of carbonyl (C=O) groups is 2. The Labute approximate surface area is 138 Å². The summed E-state index contributed by atoms with van der Waals surface area (Å²) in [6, 6.07) is 22.8. The van der Waals surface area contributed by atoms with Crippen molar-refractivity contribution in [3.05, 3.63) is 95.1 Å². The SMILES string of the molecule is O=C1c2ccc3ccccc3c2C(=O)c2c1ccc1ccccc21. The maximum absolute atomic E-state index is 13.3. The van der Waals surface area contributed by atoms with E-state index in [4.69, 9.17) is 0 Å². The monoisotopic (exact) mass is 308 g/mol. The number of benzene rings is 4. The molecule has 4 aromatic carbocycles. The molecule has 0 atom stereocenters. The number of fused-ring (bicyclic) bond motifs is 6. The average molecular weight is 308 g/mol. The molecule has 1 aliphatic carbocycles. The zero-order valence-electron chi connectivity index (χ0n) is 12.7. The maximum Gasteiger partial charge on any atom is 0.195 e. The van der Waals surface area contributed by atoms with Gasteiger partial charge < -0.3 is 0 Å². The zero-order chi connectivity index (χ0) is 16.3. The van der Waals surface area contributed by atoms with E-state index in [1.54, 1.807) is 12.1 Å². The van der Waals surface area contributed by atoms with Crippen LogP contribution in [0.2, 0.25) is 0 Å². The first kappa shape index (κ1) is 13.2. The van der Waals surface area contributed by atoms with Crippen molar-refractivity contribution in [1.82, 2.24) is 0 Å². The summed E-state index contributed by atoms with van der Waals surface area (Å²) in [4.78, 5) is 26.3. The lowest BCUT2D eigenvalue weighted by Crippen LogP contribution is -2.21. The van der Waals surface area contributed by atoms with Crippen LogP contribution in [0, 0.1) is 0 Å². The van der Waals surface area contributed by atoms with Gasteiger partial charge in [0.15, 0.2) is 11.6 Å². The number of hydrogen-bond acceptors (Lipinski definition) is 2. The Kier molecular flexibility index (Phi) is 2.54. The van der Waals surface area contributed by atoms with E-state index in [-0.39, 0.29) is 11.6 Å². The van der Waals surface area contributed by atoms with Gasteiger partial charge in [0, 0.05) is 22.3 Å². The molecule has 0 saturated heterocycles. The molecular formula is C22H12O2. The van der Waals surface area contributed by atoms with Crippen LogP contribution < -0.4 is 0 Å². The van der Waals surface area contributed by atoms with E-state index in [1.807, 2.05) is 60.7 Å². The summed E-state index contributed by atoms with van der Waals surface area (Å²) in [6.45, 7) is 0. The Morgan fingerprint density at radius 3 is 1.42 bits per heavy atom. The fourth-order valence-corrected chi connectivity index (χ4v) is 3.68. The van der Waals surface area contributed by atoms with Gasteiger partial charge in [-0.25, -0.2) is 0 Å². The largest absolute Gasteiger partial charge is 0.289 e. The smallest absolute Gasteiger partial charge is 0.195 e. The molecule has 0 aliphatic heterocycles. The van der Waals surface area contributed by atoms with Gasteiger partial charge in [0.1, 0.15) is 0 Å². The third-order valence-corrected chi connectivity index (χ3v) is 4.80. The molecule has 0 bridgehead atoms. The fraction of sp³-hybridized carbons (Fsp3) is 0. The molecule has 1 aliphatic rings. The summed E-state index contributed by atoms with van der Waals surface area (Å²) in [6.07, 6.45) is 0. The molecule has 0 saturated carbocycles. The molecule has 0 unspecified atom stereocenters. The van der Waals surface area contributed by atoms with Crippen molar-refractivity contribution in [2.45, 2.75) is 0 Å². The highest BCUT2D eigenvalue weighted by Crippen LogP contribution is 2.35. The predicted molar refractivity (Wildman–Crippen MR) is 94.8 cm³/mol. The van der Waals surface area contributed by atoms with Gasteiger partial charge in [-0.05, 0) is 33.7 Å². The van der Waals surface area contributed by atoms with Crippen molar-refractivity contribution >= 4 is 33.1 Å². The Morgan fingerprint density at radius 1 is 0.458 bits per heavy atom. The molecular weight excluding hydrogens is 296 g/mol. The number of carbonyl (C=O) groups excluding carboxylic acids is 2. The first-order valence-electron chi connectivity index (χ1n) is 7.88. The normalized spacial score (nSPS) is 13.2. The Morgan fingerprint density at radius 2 is 0.917 bits per heavy atom. The van der Waals surface area contributed by atoms with Gasteiger partial charge >= 0.3 is 0 Å². The van der Waals surface area contributed by atoms with Crippen molar-refractivity contribution in [2.75, 3.05) is 0 Å². The summed E-state index contributed by atoms with van der Waals surface area (Å²) in [5, 5.41) is 3.63. The van der Waals surface area contributed by atoms with Crippen LogP contribution in [0.4, 0.5) is 0 Å². The number of hydrogen-bond donors (Lipinski definition) is 0. The van der Waals surface area contributed by atoms with Gasteiger partial charge in [-0.2, -0.15) is 0 Å². The van der Waals surface area contributed by atoms with Gasteiger partial charge in [-0.1, -0.05) is 60.7 Å². The average Bonchev–Trinajstić information content (AvgIpc) is 2.64. The lowest BCUT2D eigenvalue weighted by molar-refractivity contribution is 0.0981. The van der Waals surface area contributed by atoms with E-state index >= 15 is 0 Å². The molecule has 4 aromatic rings. The van der Waals surface area contributed by atoms with E-state index < -0.39 is 0 Å². The van der Waals surface area contributed by atoms with Crippen molar-refractivity contribution < 1.29 is 9.59 Å². The van der Waals surface area contributed by atoms with Crippen LogP contribution in [0.25, 0.3) is 21.5 Å². The van der Waals surface area contributed by atoms with Crippen molar-refractivity contribution in [2.24, 2.45) is 0 Å². The summed E-state index contributed by atoms with van der Waals surface area (Å²) >= 11 is 0. The molecule has 0 aromatic heterocycles. The topological polar surface area (TPSA) is 34.1 Å².